The lowest BCUT2D eigenvalue weighted by Gasteiger charge is -2.16. The quantitative estimate of drug-likeness (QED) is 0.815. The molecule has 0 spiro atoms. The van der Waals surface area contributed by atoms with E-state index in [9.17, 15) is 13.2 Å². The summed E-state index contributed by atoms with van der Waals surface area (Å²) in [4.78, 5) is 1.90. The zero-order valence-electron chi connectivity index (χ0n) is 8.81. The lowest BCUT2D eigenvalue weighted by atomic mass is 10.1. The third-order valence-electron chi connectivity index (χ3n) is 2.57. The van der Waals surface area contributed by atoms with Crippen molar-refractivity contribution in [1.82, 2.24) is 10.2 Å². The second-order valence-corrected chi connectivity index (χ2v) is 3.88. The summed E-state index contributed by atoms with van der Waals surface area (Å²) in [5.41, 5.74) is 0. The van der Waals surface area contributed by atoms with E-state index in [4.69, 9.17) is 0 Å². The lowest BCUT2D eigenvalue weighted by molar-refractivity contribution is -0.137. The van der Waals surface area contributed by atoms with E-state index < -0.39 is 12.6 Å². The minimum Gasteiger partial charge on any atom is -0.319 e. The van der Waals surface area contributed by atoms with Crippen LogP contribution >= 0.6 is 12.4 Å². The average Bonchev–Trinajstić information content (AvgIpc) is 2.49. The van der Waals surface area contributed by atoms with Crippen molar-refractivity contribution in [2.24, 2.45) is 5.92 Å². The highest BCUT2D eigenvalue weighted by Gasteiger charge is 2.30. The first-order chi connectivity index (χ1) is 6.51. The first-order valence-corrected chi connectivity index (χ1v) is 4.95. The smallest absolute Gasteiger partial charge is 0.319 e. The summed E-state index contributed by atoms with van der Waals surface area (Å²) in [6, 6.07) is 0. The van der Waals surface area contributed by atoms with Gasteiger partial charge in [0.1, 0.15) is 0 Å². The minimum absolute atomic E-state index is 0. The Morgan fingerprint density at radius 3 is 2.60 bits per heavy atom. The van der Waals surface area contributed by atoms with Crippen molar-refractivity contribution in [2.75, 3.05) is 33.2 Å². The van der Waals surface area contributed by atoms with Gasteiger partial charge in [0.05, 0.1) is 6.42 Å². The number of nitrogens with zero attached hydrogens (tertiary/aromatic N) is 1. The third-order valence-corrected chi connectivity index (χ3v) is 2.57. The highest BCUT2D eigenvalue weighted by Crippen LogP contribution is 2.22. The molecule has 92 valence electrons. The van der Waals surface area contributed by atoms with E-state index in [1.165, 1.54) is 0 Å². The van der Waals surface area contributed by atoms with Crippen LogP contribution in [0.2, 0.25) is 0 Å². The summed E-state index contributed by atoms with van der Waals surface area (Å²) in [5.74, 6) is 0.522. The highest BCUT2D eigenvalue weighted by molar-refractivity contribution is 5.85. The Morgan fingerprint density at radius 1 is 1.40 bits per heavy atom. The fraction of sp³-hybridized carbons (Fsp3) is 1.00. The van der Waals surface area contributed by atoms with Crippen LogP contribution in [0, 0.1) is 5.92 Å². The molecule has 15 heavy (non-hydrogen) atoms. The number of likely N-dealkylation sites (tertiary alicyclic amines) is 1. The first-order valence-electron chi connectivity index (χ1n) is 4.95. The predicted molar refractivity (Wildman–Crippen MR) is 56.4 cm³/mol. The molecule has 1 fully saturated rings. The molecule has 0 aromatic heterocycles. The van der Waals surface area contributed by atoms with Crippen LogP contribution in [0.1, 0.15) is 12.8 Å². The number of hydrogen-bond donors (Lipinski definition) is 1. The minimum atomic E-state index is -4.01. The third kappa shape index (κ3) is 6.22. The van der Waals surface area contributed by atoms with Crippen LogP contribution in [0.25, 0.3) is 0 Å². The van der Waals surface area contributed by atoms with Crippen molar-refractivity contribution in [3.63, 3.8) is 0 Å². The summed E-state index contributed by atoms with van der Waals surface area (Å²) in [5, 5.41) is 3.05. The van der Waals surface area contributed by atoms with Gasteiger partial charge in [-0.3, -0.25) is 0 Å². The molecule has 0 amide bonds. The molecule has 0 aromatic carbocycles. The van der Waals surface area contributed by atoms with Gasteiger partial charge >= 0.3 is 6.18 Å². The van der Waals surface area contributed by atoms with Crippen molar-refractivity contribution in [3.8, 4) is 0 Å². The van der Waals surface area contributed by atoms with Crippen molar-refractivity contribution < 1.29 is 13.2 Å². The molecule has 1 unspecified atom stereocenters. The van der Waals surface area contributed by atoms with E-state index in [0.29, 0.717) is 5.92 Å². The molecule has 0 aromatic rings. The Hall–Kier alpha value is -0.0000000000000000555. The molecule has 0 bridgehead atoms. The van der Waals surface area contributed by atoms with Crippen molar-refractivity contribution in [2.45, 2.75) is 19.0 Å². The van der Waals surface area contributed by atoms with E-state index in [0.717, 1.165) is 26.1 Å². The molecule has 1 aliphatic heterocycles. The largest absolute Gasteiger partial charge is 0.390 e. The Bertz CT molecular complexity index is 175. The summed E-state index contributed by atoms with van der Waals surface area (Å²) in [6.07, 6.45) is -3.68. The summed E-state index contributed by atoms with van der Waals surface area (Å²) in [6.45, 7) is 2.67. The van der Waals surface area contributed by atoms with E-state index in [2.05, 4.69) is 5.32 Å². The molecule has 1 aliphatic rings. The zero-order valence-corrected chi connectivity index (χ0v) is 9.63. The van der Waals surface area contributed by atoms with Crippen LogP contribution in [0.15, 0.2) is 0 Å². The number of halogens is 4. The first kappa shape index (κ1) is 15.0. The second-order valence-electron chi connectivity index (χ2n) is 3.88. The van der Waals surface area contributed by atoms with Gasteiger partial charge in [-0.2, -0.15) is 13.2 Å². The maximum atomic E-state index is 11.9. The number of rotatable bonds is 4. The van der Waals surface area contributed by atoms with Gasteiger partial charge in [-0.1, -0.05) is 0 Å². The molecule has 1 saturated heterocycles. The van der Waals surface area contributed by atoms with Gasteiger partial charge in [0.25, 0.3) is 0 Å². The second kappa shape index (κ2) is 6.55. The molecule has 0 radical (unpaired) electrons. The number of alkyl halides is 3. The molecule has 6 heteroatoms. The van der Waals surface area contributed by atoms with Crippen LogP contribution in [-0.4, -0.2) is 44.3 Å². The topological polar surface area (TPSA) is 15.3 Å². The fourth-order valence-corrected chi connectivity index (χ4v) is 1.86. The Labute approximate surface area is 94.6 Å². The zero-order chi connectivity index (χ0) is 10.6. The summed E-state index contributed by atoms with van der Waals surface area (Å²) < 4.78 is 35.7. The molecular formula is C9H18ClF3N2. The molecule has 1 atom stereocenters. The maximum Gasteiger partial charge on any atom is 0.390 e. The van der Waals surface area contributed by atoms with Gasteiger partial charge in [-0.05, 0) is 32.5 Å². The Kier molecular flexibility index (Phi) is 6.55. The van der Waals surface area contributed by atoms with E-state index in [1.54, 1.807) is 0 Å². The summed E-state index contributed by atoms with van der Waals surface area (Å²) in [7, 11) is 1.87. The van der Waals surface area contributed by atoms with Crippen LogP contribution in [-0.2, 0) is 0 Å². The SMILES string of the molecule is CNCC1CCN(CCC(F)(F)F)C1.Cl. The predicted octanol–water partition coefficient (Wildman–Crippen LogP) is 1.90. The normalized spacial score (nSPS) is 22.8. The fourth-order valence-electron chi connectivity index (χ4n) is 1.86. The van der Waals surface area contributed by atoms with Crippen molar-refractivity contribution >= 4 is 12.4 Å². The van der Waals surface area contributed by atoms with E-state index in [1.807, 2.05) is 11.9 Å². The Balaban J connectivity index is 0.00000196. The molecule has 1 rings (SSSR count). The molecular weight excluding hydrogens is 229 g/mol. The van der Waals surface area contributed by atoms with Crippen molar-refractivity contribution in [1.29, 1.82) is 0 Å². The van der Waals surface area contributed by atoms with Crippen LogP contribution in [0.3, 0.4) is 0 Å². The standard InChI is InChI=1S/C9H17F3N2.ClH/c1-13-6-8-2-4-14(7-8)5-3-9(10,11)12;/h8,13H,2-7H2,1H3;1H. The number of hydrogen-bond acceptors (Lipinski definition) is 2. The molecule has 2 nitrogen and oxygen atoms in total. The number of nitrogens with one attached hydrogen (secondary N) is 1. The van der Waals surface area contributed by atoms with Gasteiger partial charge in [0, 0.05) is 13.1 Å². The van der Waals surface area contributed by atoms with E-state index >= 15 is 0 Å². The van der Waals surface area contributed by atoms with Gasteiger partial charge in [-0.25, -0.2) is 0 Å². The molecule has 0 saturated carbocycles. The van der Waals surface area contributed by atoms with Gasteiger partial charge < -0.3 is 10.2 Å². The van der Waals surface area contributed by atoms with Crippen LogP contribution in [0.5, 0.6) is 0 Å². The van der Waals surface area contributed by atoms with Gasteiger partial charge in [-0.15, -0.1) is 12.4 Å². The van der Waals surface area contributed by atoms with Gasteiger partial charge in [0.15, 0.2) is 0 Å². The highest BCUT2D eigenvalue weighted by atomic mass is 35.5. The van der Waals surface area contributed by atoms with Crippen LogP contribution < -0.4 is 5.32 Å². The van der Waals surface area contributed by atoms with Crippen molar-refractivity contribution in [3.05, 3.63) is 0 Å². The average molecular weight is 247 g/mol. The van der Waals surface area contributed by atoms with Gasteiger partial charge in [0.2, 0.25) is 0 Å². The lowest BCUT2D eigenvalue weighted by Crippen LogP contribution is -2.28. The van der Waals surface area contributed by atoms with E-state index in [-0.39, 0.29) is 19.0 Å². The molecule has 1 N–H and O–H groups in total. The molecule has 0 aliphatic carbocycles. The van der Waals surface area contributed by atoms with Crippen LogP contribution in [0.4, 0.5) is 13.2 Å². The Morgan fingerprint density at radius 2 is 2.07 bits per heavy atom. The monoisotopic (exact) mass is 246 g/mol. The molecule has 1 heterocycles. The maximum absolute atomic E-state index is 11.9. The summed E-state index contributed by atoms with van der Waals surface area (Å²) >= 11 is 0.